The van der Waals surface area contributed by atoms with Crippen molar-refractivity contribution >= 4 is 11.8 Å². The highest BCUT2D eigenvalue weighted by Crippen LogP contribution is 2.07. The third kappa shape index (κ3) is 3.33. The number of hydrogen-bond acceptors (Lipinski definition) is 3. The van der Waals surface area contributed by atoms with Crippen molar-refractivity contribution in [2.75, 3.05) is 38.2 Å². The summed E-state index contributed by atoms with van der Waals surface area (Å²) >= 11 is 1.95. The van der Waals surface area contributed by atoms with E-state index in [1.807, 2.05) is 11.8 Å². The summed E-state index contributed by atoms with van der Waals surface area (Å²) in [6.07, 6.45) is 3.49. The van der Waals surface area contributed by atoms with Crippen molar-refractivity contribution in [1.82, 2.24) is 10.2 Å². The quantitative estimate of drug-likeness (QED) is 0.712. The zero-order valence-electron chi connectivity index (χ0n) is 8.18. The molecule has 1 unspecified atom stereocenters. The summed E-state index contributed by atoms with van der Waals surface area (Å²) in [6, 6.07) is 0.750. The van der Waals surface area contributed by atoms with Crippen molar-refractivity contribution in [2.45, 2.75) is 19.4 Å². The minimum absolute atomic E-state index is 0.750. The maximum atomic E-state index is 3.43. The van der Waals surface area contributed by atoms with Crippen LogP contribution in [0, 0.1) is 0 Å². The molecule has 2 nitrogen and oxygen atoms in total. The first-order chi connectivity index (χ1) is 5.84. The van der Waals surface area contributed by atoms with Crippen LogP contribution in [0.4, 0.5) is 0 Å². The second-order valence-electron chi connectivity index (χ2n) is 3.44. The lowest BCUT2D eigenvalue weighted by Crippen LogP contribution is -2.37. The first-order valence-electron chi connectivity index (χ1n) is 4.78. The molecule has 0 bridgehead atoms. The van der Waals surface area contributed by atoms with Crippen LogP contribution in [0.1, 0.15) is 13.3 Å². The van der Waals surface area contributed by atoms with Crippen molar-refractivity contribution in [3.8, 4) is 0 Å². The zero-order valence-corrected chi connectivity index (χ0v) is 8.99. The second kappa shape index (κ2) is 5.84. The summed E-state index contributed by atoms with van der Waals surface area (Å²) in [5.74, 6) is 1.26. The normalized spacial score (nSPS) is 23.5. The van der Waals surface area contributed by atoms with E-state index in [2.05, 4.69) is 23.4 Å². The lowest BCUT2D eigenvalue weighted by atomic mass is 10.3. The molecule has 0 spiro atoms. The molecule has 1 atom stereocenters. The predicted octanol–water partition coefficient (Wildman–Crippen LogP) is 1.03. The summed E-state index contributed by atoms with van der Waals surface area (Å²) < 4.78 is 0. The summed E-state index contributed by atoms with van der Waals surface area (Å²) in [6.45, 7) is 7.19. The van der Waals surface area contributed by atoms with E-state index in [-0.39, 0.29) is 0 Å². The van der Waals surface area contributed by atoms with E-state index >= 15 is 0 Å². The fourth-order valence-corrected chi connectivity index (χ4v) is 2.35. The molecule has 1 fully saturated rings. The molecule has 1 heterocycles. The summed E-state index contributed by atoms with van der Waals surface area (Å²) in [5, 5.41) is 3.43. The second-order valence-corrected chi connectivity index (χ2v) is 4.35. The fourth-order valence-electron chi connectivity index (χ4n) is 1.65. The molecule has 0 saturated carbocycles. The Kier molecular flexibility index (Phi) is 5.04. The van der Waals surface area contributed by atoms with E-state index < -0.39 is 0 Å². The molecule has 0 aliphatic carbocycles. The van der Waals surface area contributed by atoms with Crippen molar-refractivity contribution in [3.05, 3.63) is 0 Å². The molecule has 72 valence electrons. The van der Waals surface area contributed by atoms with Gasteiger partial charge in [0.05, 0.1) is 0 Å². The van der Waals surface area contributed by atoms with Gasteiger partial charge in [0.1, 0.15) is 0 Å². The van der Waals surface area contributed by atoms with Crippen molar-refractivity contribution in [2.24, 2.45) is 0 Å². The largest absolute Gasteiger partial charge is 0.315 e. The van der Waals surface area contributed by atoms with Gasteiger partial charge in [0.15, 0.2) is 0 Å². The van der Waals surface area contributed by atoms with Crippen LogP contribution < -0.4 is 5.32 Å². The number of rotatable bonds is 3. The fraction of sp³-hybridized carbons (Fsp3) is 1.00. The van der Waals surface area contributed by atoms with Crippen molar-refractivity contribution in [3.63, 3.8) is 0 Å². The Balaban J connectivity index is 2.27. The molecule has 0 aromatic heterocycles. The number of thioether (sulfide) groups is 1. The van der Waals surface area contributed by atoms with Gasteiger partial charge in [-0.05, 0) is 32.7 Å². The lowest BCUT2D eigenvalue weighted by molar-refractivity contribution is 0.241. The molecule has 1 aliphatic rings. The van der Waals surface area contributed by atoms with Gasteiger partial charge in [-0.15, -0.1) is 0 Å². The average Bonchev–Trinajstić information content (AvgIpc) is 2.32. The van der Waals surface area contributed by atoms with Gasteiger partial charge in [0, 0.05) is 24.9 Å². The number of hydrogen-bond donors (Lipinski definition) is 1. The third-order valence-corrected chi connectivity index (χ3v) is 3.22. The Morgan fingerprint density at radius 3 is 3.00 bits per heavy atom. The van der Waals surface area contributed by atoms with Gasteiger partial charge < -0.3 is 5.32 Å². The average molecular weight is 188 g/mol. The molecule has 12 heavy (non-hydrogen) atoms. The van der Waals surface area contributed by atoms with Gasteiger partial charge >= 0.3 is 0 Å². The molecule has 0 aromatic rings. The van der Waals surface area contributed by atoms with Gasteiger partial charge in [0.25, 0.3) is 0 Å². The van der Waals surface area contributed by atoms with E-state index in [9.17, 15) is 0 Å². The van der Waals surface area contributed by atoms with E-state index in [0.29, 0.717) is 0 Å². The topological polar surface area (TPSA) is 15.3 Å². The van der Waals surface area contributed by atoms with Gasteiger partial charge in [-0.1, -0.05) is 0 Å². The predicted molar refractivity (Wildman–Crippen MR) is 56.9 cm³/mol. The van der Waals surface area contributed by atoms with Crippen LogP contribution in [-0.2, 0) is 0 Å². The van der Waals surface area contributed by atoms with Crippen LogP contribution in [-0.4, -0.2) is 49.1 Å². The van der Waals surface area contributed by atoms with Crippen LogP contribution >= 0.6 is 11.8 Å². The van der Waals surface area contributed by atoms with E-state index in [0.717, 1.165) is 6.04 Å². The molecular weight excluding hydrogens is 168 g/mol. The standard InChI is InChI=1S/C9H20N2S/c1-9(8-12-2)11-6-3-4-10-5-7-11/h9-10H,3-8H2,1-2H3. The molecule has 0 radical (unpaired) electrons. The van der Waals surface area contributed by atoms with Crippen LogP contribution in [0.25, 0.3) is 0 Å². The van der Waals surface area contributed by atoms with Crippen molar-refractivity contribution in [1.29, 1.82) is 0 Å². The molecule has 3 heteroatoms. The van der Waals surface area contributed by atoms with Gasteiger partial charge in [-0.25, -0.2) is 0 Å². The SMILES string of the molecule is CSCC(C)N1CCCNCC1. The minimum atomic E-state index is 0.750. The maximum Gasteiger partial charge on any atom is 0.0158 e. The van der Waals surface area contributed by atoms with Gasteiger partial charge in [0.2, 0.25) is 0 Å². The molecule has 1 N–H and O–H groups in total. The first-order valence-corrected chi connectivity index (χ1v) is 6.17. The van der Waals surface area contributed by atoms with Crippen LogP contribution in [0.5, 0.6) is 0 Å². The number of nitrogens with one attached hydrogen (secondary N) is 1. The zero-order chi connectivity index (χ0) is 8.81. The maximum absolute atomic E-state index is 3.43. The Labute approximate surface area is 80.1 Å². The van der Waals surface area contributed by atoms with E-state index in [1.54, 1.807) is 0 Å². The Morgan fingerprint density at radius 1 is 1.42 bits per heavy atom. The highest BCUT2D eigenvalue weighted by Gasteiger charge is 2.14. The summed E-state index contributed by atoms with van der Waals surface area (Å²) in [4.78, 5) is 2.59. The minimum Gasteiger partial charge on any atom is -0.315 e. The first kappa shape index (κ1) is 10.4. The van der Waals surface area contributed by atoms with Crippen LogP contribution in [0.3, 0.4) is 0 Å². The van der Waals surface area contributed by atoms with Gasteiger partial charge in [-0.3, -0.25) is 4.90 Å². The molecular formula is C9H20N2S. The number of nitrogens with zero attached hydrogens (tertiary/aromatic N) is 1. The Bertz CT molecular complexity index is 111. The lowest BCUT2D eigenvalue weighted by Gasteiger charge is -2.26. The third-order valence-electron chi connectivity index (χ3n) is 2.41. The Hall–Kier alpha value is 0.270. The summed E-state index contributed by atoms with van der Waals surface area (Å²) in [7, 11) is 0. The monoisotopic (exact) mass is 188 g/mol. The highest BCUT2D eigenvalue weighted by atomic mass is 32.2. The molecule has 1 rings (SSSR count). The van der Waals surface area contributed by atoms with Gasteiger partial charge in [-0.2, -0.15) is 11.8 Å². The summed E-state index contributed by atoms with van der Waals surface area (Å²) in [5.41, 5.74) is 0. The van der Waals surface area contributed by atoms with Crippen LogP contribution in [0.15, 0.2) is 0 Å². The highest BCUT2D eigenvalue weighted by molar-refractivity contribution is 7.98. The van der Waals surface area contributed by atoms with E-state index in [1.165, 1.54) is 38.4 Å². The molecule has 1 aliphatic heterocycles. The smallest absolute Gasteiger partial charge is 0.0158 e. The molecule has 0 aromatic carbocycles. The molecule has 1 saturated heterocycles. The molecule has 0 amide bonds. The van der Waals surface area contributed by atoms with E-state index in [4.69, 9.17) is 0 Å². The van der Waals surface area contributed by atoms with Crippen molar-refractivity contribution < 1.29 is 0 Å². The Morgan fingerprint density at radius 2 is 2.25 bits per heavy atom. The van der Waals surface area contributed by atoms with Crippen LogP contribution in [0.2, 0.25) is 0 Å².